The summed E-state index contributed by atoms with van der Waals surface area (Å²) in [5.41, 5.74) is 4.37. The summed E-state index contributed by atoms with van der Waals surface area (Å²) >= 11 is 3.54. The third-order valence-electron chi connectivity index (χ3n) is 3.22. The van der Waals surface area contributed by atoms with Gasteiger partial charge in [0.2, 0.25) is 5.91 Å². The Morgan fingerprint density at radius 2 is 1.71 bits per heavy atom. The second-order valence-electron chi connectivity index (χ2n) is 5.04. The first-order valence-corrected chi connectivity index (χ1v) is 7.67. The van der Waals surface area contributed by atoms with Crippen molar-refractivity contribution < 1.29 is 4.79 Å². The largest absolute Gasteiger partial charge is 0.376 e. The van der Waals surface area contributed by atoms with Crippen LogP contribution in [-0.4, -0.2) is 12.5 Å². The summed E-state index contributed by atoms with van der Waals surface area (Å²) in [4.78, 5) is 11.8. The molecule has 0 atom stereocenters. The molecule has 110 valence electrons. The second-order valence-corrected chi connectivity index (χ2v) is 5.83. The van der Waals surface area contributed by atoms with Crippen LogP contribution >= 0.6 is 15.9 Å². The lowest BCUT2D eigenvalue weighted by molar-refractivity contribution is -0.119. The van der Waals surface area contributed by atoms with E-state index in [1.54, 1.807) is 0 Å². The van der Waals surface area contributed by atoms with Crippen LogP contribution in [0.3, 0.4) is 0 Å². The van der Waals surface area contributed by atoms with Crippen LogP contribution < -0.4 is 10.6 Å². The molecule has 0 radical (unpaired) electrons. The van der Waals surface area contributed by atoms with Crippen LogP contribution in [0.15, 0.2) is 46.9 Å². The molecular formula is C17H19BrN2O. The Labute approximate surface area is 133 Å². The summed E-state index contributed by atoms with van der Waals surface area (Å²) in [6.45, 7) is 4.91. The summed E-state index contributed by atoms with van der Waals surface area (Å²) in [7, 11) is 0. The third-order valence-corrected chi connectivity index (χ3v) is 4.47. The maximum Gasteiger partial charge on any atom is 0.239 e. The molecule has 3 nitrogen and oxygen atoms in total. The molecule has 1 amide bonds. The van der Waals surface area contributed by atoms with Crippen LogP contribution in [-0.2, 0) is 11.3 Å². The highest BCUT2D eigenvalue weighted by Crippen LogP contribution is 2.24. The highest BCUT2D eigenvalue weighted by molar-refractivity contribution is 9.10. The molecule has 2 N–H and O–H groups in total. The molecule has 2 rings (SSSR count). The van der Waals surface area contributed by atoms with Crippen LogP contribution in [0.25, 0.3) is 0 Å². The minimum absolute atomic E-state index is 0.0166. The van der Waals surface area contributed by atoms with E-state index in [2.05, 4.69) is 26.6 Å². The number of carbonyl (C=O) groups is 1. The van der Waals surface area contributed by atoms with Crippen molar-refractivity contribution in [3.8, 4) is 0 Å². The average molecular weight is 347 g/mol. The molecule has 0 bridgehead atoms. The van der Waals surface area contributed by atoms with Gasteiger partial charge < -0.3 is 10.6 Å². The Kier molecular flexibility index (Phi) is 5.39. The summed E-state index contributed by atoms with van der Waals surface area (Å²) in [6.07, 6.45) is 0. The molecule has 21 heavy (non-hydrogen) atoms. The monoisotopic (exact) mass is 346 g/mol. The van der Waals surface area contributed by atoms with Gasteiger partial charge in [0.05, 0.1) is 6.54 Å². The normalized spacial score (nSPS) is 10.2. The molecule has 2 aromatic carbocycles. The van der Waals surface area contributed by atoms with Gasteiger partial charge in [0.1, 0.15) is 0 Å². The number of rotatable bonds is 5. The van der Waals surface area contributed by atoms with Crippen molar-refractivity contribution >= 4 is 27.5 Å². The van der Waals surface area contributed by atoms with Crippen molar-refractivity contribution in [2.24, 2.45) is 0 Å². The van der Waals surface area contributed by atoms with Crippen molar-refractivity contribution in [1.29, 1.82) is 0 Å². The van der Waals surface area contributed by atoms with E-state index in [1.165, 1.54) is 0 Å². The van der Waals surface area contributed by atoms with Crippen LogP contribution in [0, 0.1) is 13.8 Å². The second kappa shape index (κ2) is 7.27. The van der Waals surface area contributed by atoms with E-state index in [-0.39, 0.29) is 12.5 Å². The maximum atomic E-state index is 11.8. The van der Waals surface area contributed by atoms with Crippen molar-refractivity contribution in [3.05, 3.63) is 63.6 Å². The number of aryl methyl sites for hydroxylation is 2. The fourth-order valence-corrected chi connectivity index (χ4v) is 2.32. The van der Waals surface area contributed by atoms with E-state index in [1.807, 2.05) is 56.3 Å². The fraction of sp³-hybridized carbons (Fsp3) is 0.235. The molecule has 0 aliphatic rings. The minimum Gasteiger partial charge on any atom is -0.376 e. The first kappa shape index (κ1) is 15.6. The Morgan fingerprint density at radius 1 is 1.10 bits per heavy atom. The number of nitrogens with one attached hydrogen (secondary N) is 2. The molecule has 0 unspecified atom stereocenters. The number of carbonyl (C=O) groups excluding carboxylic acids is 1. The van der Waals surface area contributed by atoms with E-state index >= 15 is 0 Å². The molecule has 0 fully saturated rings. The molecule has 0 aliphatic heterocycles. The van der Waals surface area contributed by atoms with Gasteiger partial charge in [0.25, 0.3) is 0 Å². The maximum absolute atomic E-state index is 11.8. The van der Waals surface area contributed by atoms with Gasteiger partial charge in [-0.15, -0.1) is 0 Å². The first-order valence-electron chi connectivity index (χ1n) is 6.87. The van der Waals surface area contributed by atoms with Gasteiger partial charge in [-0.25, -0.2) is 0 Å². The third kappa shape index (κ3) is 4.60. The van der Waals surface area contributed by atoms with Crippen molar-refractivity contribution in [1.82, 2.24) is 5.32 Å². The molecule has 4 heteroatoms. The zero-order chi connectivity index (χ0) is 15.2. The SMILES string of the molecule is Cc1cc(NCC(=O)NCc2ccccc2)cc(C)c1Br. The van der Waals surface area contributed by atoms with Gasteiger partial charge in [-0.3, -0.25) is 4.79 Å². The highest BCUT2D eigenvalue weighted by atomic mass is 79.9. The first-order chi connectivity index (χ1) is 10.1. The molecule has 0 heterocycles. The van der Waals surface area contributed by atoms with Gasteiger partial charge in [-0.05, 0) is 42.7 Å². The number of amides is 1. The van der Waals surface area contributed by atoms with E-state index in [0.29, 0.717) is 6.54 Å². The van der Waals surface area contributed by atoms with E-state index in [0.717, 1.165) is 26.9 Å². The molecule has 2 aromatic rings. The molecule has 0 aromatic heterocycles. The summed E-state index contributed by atoms with van der Waals surface area (Å²) in [5, 5.41) is 6.06. The quantitative estimate of drug-likeness (QED) is 0.864. The zero-order valence-electron chi connectivity index (χ0n) is 12.2. The number of benzene rings is 2. The summed E-state index contributed by atoms with van der Waals surface area (Å²) in [6, 6.07) is 13.9. The zero-order valence-corrected chi connectivity index (χ0v) is 13.8. The smallest absolute Gasteiger partial charge is 0.239 e. The minimum atomic E-state index is -0.0166. The number of hydrogen-bond acceptors (Lipinski definition) is 2. The van der Waals surface area contributed by atoms with E-state index in [9.17, 15) is 4.79 Å². The Balaban J connectivity index is 1.84. The predicted molar refractivity (Wildman–Crippen MR) is 90.4 cm³/mol. The predicted octanol–water partition coefficient (Wildman–Crippen LogP) is 3.79. The van der Waals surface area contributed by atoms with Crippen LogP contribution in [0.1, 0.15) is 16.7 Å². The standard InChI is InChI=1S/C17H19BrN2O/c1-12-8-15(9-13(2)17(12)18)19-11-16(21)20-10-14-6-4-3-5-7-14/h3-9,19H,10-11H2,1-2H3,(H,20,21). The summed E-state index contributed by atoms with van der Waals surface area (Å²) < 4.78 is 1.11. The van der Waals surface area contributed by atoms with Gasteiger partial charge in [-0.2, -0.15) is 0 Å². The molecule has 0 saturated carbocycles. The molecular weight excluding hydrogens is 328 g/mol. The van der Waals surface area contributed by atoms with Gasteiger partial charge >= 0.3 is 0 Å². The molecule has 0 saturated heterocycles. The number of anilines is 1. The lowest BCUT2D eigenvalue weighted by Crippen LogP contribution is -2.29. The average Bonchev–Trinajstić information content (AvgIpc) is 2.49. The van der Waals surface area contributed by atoms with Crippen molar-refractivity contribution in [2.45, 2.75) is 20.4 Å². The fourth-order valence-electron chi connectivity index (χ4n) is 2.09. The molecule has 0 aliphatic carbocycles. The number of halogens is 1. The van der Waals surface area contributed by atoms with Crippen molar-refractivity contribution in [2.75, 3.05) is 11.9 Å². The molecule has 0 spiro atoms. The van der Waals surface area contributed by atoms with Crippen LogP contribution in [0.4, 0.5) is 5.69 Å². The lowest BCUT2D eigenvalue weighted by atomic mass is 10.1. The topological polar surface area (TPSA) is 41.1 Å². The Bertz CT molecular complexity index is 603. The van der Waals surface area contributed by atoms with E-state index in [4.69, 9.17) is 0 Å². The highest BCUT2D eigenvalue weighted by Gasteiger charge is 2.04. The van der Waals surface area contributed by atoms with Crippen LogP contribution in [0.5, 0.6) is 0 Å². The Hall–Kier alpha value is -1.81. The van der Waals surface area contributed by atoms with Crippen molar-refractivity contribution in [3.63, 3.8) is 0 Å². The number of hydrogen-bond donors (Lipinski definition) is 2. The van der Waals surface area contributed by atoms with Gasteiger partial charge in [0.15, 0.2) is 0 Å². The van der Waals surface area contributed by atoms with Gasteiger partial charge in [0, 0.05) is 16.7 Å². The Morgan fingerprint density at radius 3 is 2.33 bits per heavy atom. The summed E-state index contributed by atoms with van der Waals surface area (Å²) in [5.74, 6) is -0.0166. The van der Waals surface area contributed by atoms with Gasteiger partial charge in [-0.1, -0.05) is 46.3 Å². The van der Waals surface area contributed by atoms with Crippen LogP contribution in [0.2, 0.25) is 0 Å². The van der Waals surface area contributed by atoms with E-state index < -0.39 is 0 Å². The lowest BCUT2D eigenvalue weighted by Gasteiger charge is -2.11.